The van der Waals surface area contributed by atoms with Gasteiger partial charge in [-0.1, -0.05) is 6.42 Å². The van der Waals surface area contributed by atoms with Crippen LogP contribution in [0.4, 0.5) is 0 Å². The number of hydrogen-bond acceptors (Lipinski definition) is 3. The van der Waals surface area contributed by atoms with Crippen LogP contribution in [-0.2, 0) is 9.53 Å². The summed E-state index contributed by atoms with van der Waals surface area (Å²) in [6, 6.07) is 0. The van der Waals surface area contributed by atoms with E-state index in [-0.39, 0.29) is 17.5 Å². The van der Waals surface area contributed by atoms with Gasteiger partial charge in [0.05, 0.1) is 18.7 Å². The molecule has 86 valence electrons. The Morgan fingerprint density at radius 2 is 2.19 bits per heavy atom. The number of nitrogens with zero attached hydrogens (tertiary/aromatic N) is 1. The van der Waals surface area contributed by atoms with Crippen LogP contribution in [0.5, 0.6) is 0 Å². The van der Waals surface area contributed by atoms with Gasteiger partial charge in [-0.3, -0.25) is 4.79 Å². The molecule has 1 aliphatic carbocycles. The Morgan fingerprint density at radius 3 is 2.88 bits per heavy atom. The molecule has 1 spiro atoms. The molecule has 1 aromatic heterocycles. The first kappa shape index (κ1) is 9.87. The van der Waals surface area contributed by atoms with Gasteiger partial charge in [0, 0.05) is 11.9 Å². The Kier molecular flexibility index (Phi) is 2.23. The Hall–Kier alpha value is -1.32. The second-order valence-corrected chi connectivity index (χ2v) is 4.86. The molecule has 2 heterocycles. The SMILES string of the molecule is O=C1C[C@@H](c2cnc[nH]2)C2(CCCCC2)O1. The van der Waals surface area contributed by atoms with Crippen LogP contribution in [0.15, 0.2) is 12.5 Å². The Morgan fingerprint density at radius 1 is 1.38 bits per heavy atom. The molecular weight excluding hydrogens is 204 g/mol. The van der Waals surface area contributed by atoms with E-state index in [2.05, 4.69) is 9.97 Å². The van der Waals surface area contributed by atoms with Gasteiger partial charge in [0.25, 0.3) is 0 Å². The largest absolute Gasteiger partial charge is 0.458 e. The predicted molar refractivity (Wildman–Crippen MR) is 57.9 cm³/mol. The average Bonchev–Trinajstić information content (AvgIpc) is 2.88. The Balaban J connectivity index is 1.93. The molecule has 1 aliphatic heterocycles. The van der Waals surface area contributed by atoms with Gasteiger partial charge in [-0.25, -0.2) is 4.98 Å². The van der Waals surface area contributed by atoms with Crippen molar-refractivity contribution in [2.24, 2.45) is 0 Å². The summed E-state index contributed by atoms with van der Waals surface area (Å²) in [6.45, 7) is 0. The molecule has 4 heteroatoms. The summed E-state index contributed by atoms with van der Waals surface area (Å²) < 4.78 is 5.64. The van der Waals surface area contributed by atoms with E-state index in [9.17, 15) is 4.79 Å². The molecule has 2 aliphatic rings. The first-order valence-electron chi connectivity index (χ1n) is 6.00. The molecule has 1 N–H and O–H groups in total. The van der Waals surface area contributed by atoms with Crippen molar-refractivity contribution in [2.75, 3.05) is 0 Å². The summed E-state index contributed by atoms with van der Waals surface area (Å²) in [5.41, 5.74) is 0.815. The highest BCUT2D eigenvalue weighted by molar-refractivity contribution is 5.74. The number of H-pyrrole nitrogens is 1. The normalized spacial score (nSPS) is 28.2. The minimum Gasteiger partial charge on any atom is -0.458 e. The molecule has 1 aromatic rings. The third kappa shape index (κ3) is 1.44. The van der Waals surface area contributed by atoms with Gasteiger partial charge >= 0.3 is 5.97 Å². The van der Waals surface area contributed by atoms with Crippen molar-refractivity contribution in [3.05, 3.63) is 18.2 Å². The fourth-order valence-corrected chi connectivity index (χ4v) is 3.14. The first-order chi connectivity index (χ1) is 7.80. The first-order valence-corrected chi connectivity index (χ1v) is 6.00. The lowest BCUT2D eigenvalue weighted by molar-refractivity contribution is -0.151. The van der Waals surface area contributed by atoms with E-state index in [0.29, 0.717) is 6.42 Å². The molecule has 16 heavy (non-hydrogen) atoms. The van der Waals surface area contributed by atoms with Crippen molar-refractivity contribution >= 4 is 5.97 Å². The van der Waals surface area contributed by atoms with Crippen LogP contribution in [-0.4, -0.2) is 21.5 Å². The number of ether oxygens (including phenoxy) is 1. The van der Waals surface area contributed by atoms with Crippen molar-refractivity contribution < 1.29 is 9.53 Å². The zero-order valence-corrected chi connectivity index (χ0v) is 9.24. The van der Waals surface area contributed by atoms with Gasteiger partial charge < -0.3 is 9.72 Å². The number of hydrogen-bond donors (Lipinski definition) is 1. The molecule has 0 amide bonds. The monoisotopic (exact) mass is 220 g/mol. The molecule has 1 atom stereocenters. The molecule has 3 rings (SSSR count). The summed E-state index contributed by atoms with van der Waals surface area (Å²) in [5, 5.41) is 0. The maximum Gasteiger partial charge on any atom is 0.307 e. The quantitative estimate of drug-likeness (QED) is 0.738. The second kappa shape index (κ2) is 3.61. The van der Waals surface area contributed by atoms with Crippen molar-refractivity contribution in [1.82, 2.24) is 9.97 Å². The van der Waals surface area contributed by atoms with Crippen LogP contribution in [0.2, 0.25) is 0 Å². The fourth-order valence-electron chi connectivity index (χ4n) is 3.14. The highest BCUT2D eigenvalue weighted by atomic mass is 16.6. The van der Waals surface area contributed by atoms with Crippen LogP contribution in [0.25, 0.3) is 0 Å². The Bertz CT molecular complexity index is 380. The van der Waals surface area contributed by atoms with Crippen LogP contribution in [0.1, 0.15) is 50.1 Å². The zero-order chi connectivity index (χ0) is 11.0. The minimum atomic E-state index is -0.234. The van der Waals surface area contributed by atoms with Crippen LogP contribution < -0.4 is 0 Å². The third-order valence-electron chi connectivity index (χ3n) is 3.92. The molecule has 0 radical (unpaired) electrons. The number of carbonyl (C=O) groups is 1. The number of nitrogens with one attached hydrogen (secondary N) is 1. The molecule has 4 nitrogen and oxygen atoms in total. The highest BCUT2D eigenvalue weighted by Crippen LogP contribution is 2.48. The molecule has 0 unspecified atom stereocenters. The molecule has 2 fully saturated rings. The molecule has 1 saturated carbocycles. The lowest BCUT2D eigenvalue weighted by atomic mass is 9.74. The zero-order valence-electron chi connectivity index (χ0n) is 9.24. The number of carbonyl (C=O) groups excluding carboxylic acids is 1. The number of rotatable bonds is 1. The minimum absolute atomic E-state index is 0.0542. The number of esters is 1. The summed E-state index contributed by atoms with van der Waals surface area (Å²) in [5.74, 6) is 0.129. The van der Waals surface area contributed by atoms with Gasteiger partial charge in [0.2, 0.25) is 0 Å². The highest BCUT2D eigenvalue weighted by Gasteiger charge is 2.50. The van der Waals surface area contributed by atoms with Crippen molar-refractivity contribution in [1.29, 1.82) is 0 Å². The second-order valence-electron chi connectivity index (χ2n) is 4.86. The number of aromatic amines is 1. The number of imidazole rings is 1. The average molecular weight is 220 g/mol. The van der Waals surface area contributed by atoms with Crippen LogP contribution >= 0.6 is 0 Å². The molecular formula is C12H16N2O2. The molecule has 0 bridgehead atoms. The number of aromatic nitrogens is 2. The summed E-state index contributed by atoms with van der Waals surface area (Å²) in [6.07, 6.45) is 9.59. The lowest BCUT2D eigenvalue weighted by Gasteiger charge is -2.36. The van der Waals surface area contributed by atoms with Gasteiger partial charge in [-0.05, 0) is 25.7 Å². The van der Waals surface area contributed by atoms with Gasteiger partial charge in [0.15, 0.2) is 0 Å². The predicted octanol–water partition coefficient (Wildman–Crippen LogP) is 2.14. The smallest absolute Gasteiger partial charge is 0.307 e. The van der Waals surface area contributed by atoms with E-state index in [4.69, 9.17) is 4.74 Å². The van der Waals surface area contributed by atoms with Crippen LogP contribution in [0.3, 0.4) is 0 Å². The van der Waals surface area contributed by atoms with E-state index in [1.807, 2.05) is 6.20 Å². The molecule has 1 saturated heterocycles. The third-order valence-corrected chi connectivity index (χ3v) is 3.92. The van der Waals surface area contributed by atoms with Crippen molar-refractivity contribution in [3.63, 3.8) is 0 Å². The lowest BCUT2D eigenvalue weighted by Crippen LogP contribution is -2.36. The van der Waals surface area contributed by atoms with E-state index < -0.39 is 0 Å². The van der Waals surface area contributed by atoms with Crippen molar-refractivity contribution in [3.8, 4) is 0 Å². The van der Waals surface area contributed by atoms with E-state index in [0.717, 1.165) is 31.4 Å². The molecule has 0 aromatic carbocycles. The maximum atomic E-state index is 11.6. The van der Waals surface area contributed by atoms with Crippen molar-refractivity contribution in [2.45, 2.75) is 50.0 Å². The van der Waals surface area contributed by atoms with Gasteiger partial charge in [-0.15, -0.1) is 0 Å². The fraction of sp³-hybridized carbons (Fsp3) is 0.667. The summed E-state index contributed by atoms with van der Waals surface area (Å²) >= 11 is 0. The van der Waals surface area contributed by atoms with E-state index in [1.54, 1.807) is 6.33 Å². The standard InChI is InChI=1S/C12H16N2O2/c15-11-6-9(10-7-13-8-14-10)12(16-11)4-2-1-3-5-12/h7-9H,1-6H2,(H,13,14)/t9-/m0/s1. The van der Waals surface area contributed by atoms with E-state index in [1.165, 1.54) is 6.42 Å². The van der Waals surface area contributed by atoms with E-state index >= 15 is 0 Å². The topological polar surface area (TPSA) is 55.0 Å². The van der Waals surface area contributed by atoms with Gasteiger partial charge in [-0.2, -0.15) is 0 Å². The summed E-state index contributed by atoms with van der Waals surface area (Å²) in [4.78, 5) is 18.7. The van der Waals surface area contributed by atoms with Gasteiger partial charge in [0.1, 0.15) is 5.60 Å². The van der Waals surface area contributed by atoms with Crippen LogP contribution in [0, 0.1) is 0 Å². The summed E-state index contributed by atoms with van der Waals surface area (Å²) in [7, 11) is 0. The maximum absolute atomic E-state index is 11.6. The Labute approximate surface area is 94.4 Å².